The predicted molar refractivity (Wildman–Crippen MR) is 488 cm³/mol. The van der Waals surface area contributed by atoms with Crippen LogP contribution in [0.2, 0.25) is 0 Å². The lowest BCUT2D eigenvalue weighted by atomic mass is 9.85. The van der Waals surface area contributed by atoms with Crippen LogP contribution in [0.5, 0.6) is 0 Å². The second kappa shape index (κ2) is 43.7. The van der Waals surface area contributed by atoms with Gasteiger partial charge in [0, 0.05) is 153 Å². The zero-order valence-corrected chi connectivity index (χ0v) is 77.3. The number of likely N-dealkylation sites (tertiary alicyclic amines) is 6. The molecule has 0 unspecified atom stereocenters. The zero-order valence-electron chi connectivity index (χ0n) is 77.3. The number of Topliss-reactive ketones (excluding diaryl/α,β-unsaturated/α-hetero) is 1. The van der Waals surface area contributed by atoms with Crippen LogP contribution in [0, 0.1) is 25.1 Å². The minimum Gasteiger partial charge on any atom is -0.450 e. The minimum absolute atomic E-state index is 0.0443. The number of piperidine rings is 7. The van der Waals surface area contributed by atoms with Gasteiger partial charge in [-0.1, -0.05) is 84.9 Å². The van der Waals surface area contributed by atoms with Crippen molar-refractivity contribution >= 4 is 136 Å². The van der Waals surface area contributed by atoms with E-state index in [0.717, 1.165) is 18.0 Å². The Morgan fingerprint density at radius 1 is 0.365 bits per heavy atom. The first-order valence-corrected chi connectivity index (χ1v) is 45.1. The van der Waals surface area contributed by atoms with Crippen molar-refractivity contribution in [1.82, 2.24) is 96.4 Å². The summed E-state index contributed by atoms with van der Waals surface area (Å²) in [5.74, 6) is -1.66. The van der Waals surface area contributed by atoms with Gasteiger partial charge in [0.05, 0.1) is 32.9 Å². The number of benzene rings is 4. The fraction of sp³-hybridized carbons (Fsp3) is 0.489. The molecule has 0 aliphatic carbocycles. The number of imide groups is 6. The Morgan fingerprint density at radius 2 is 0.642 bits per heavy atom. The Labute approximate surface area is 789 Å². The standard InChI is InChI=1S/C18H23N5O3.C18H20N4O3.C16H16N4O3.C15H14N4O3.C10H15N3O4.C8H13NO3.C7H11N3O2/c1-3-23-17(26)21(2)16(25)18(23)8-10-22(11-9-18)15(24)13-6-4-12(5-7-13)14(19)20;1-4-22-17(25)20(3)16(24)18(22)9-11-21(12-10-18)15(23)13-5-7-14(19-2)8-6-13;1-17-12-5-3-11(4-6-12)13(21)20-9-7-16(8-10-20)14(22)19(2)15(23)18-16;1-16-11-4-2-10(3-5-11)12(20)19-8-6-15(7-9-19)13(21)17-14(22)18-15;1-2-17-9(16)13-5-3-10(4-6-13)7(14)11-8(15)12-10;1-2-12-8(11)9-5-3-7(10)4-6-9;11-5-7(10-6(12)9-5)1-3-8-4-2-7/h4-7H,3,8-11H2,1-2H3,(H3,19,20);5-8H,4,9-12H2,1,3H3;3-6H,7-10H2,2H3,(H,18,23);2-5H,6-9H2,(H2,17,18,21,22);2-6H2,1H3,(H2,11,12,14,15);2-6H2,1H3;8H,1-4H2,(H2,9,10,11,12). The number of likely N-dealkylation sites (N-methyl/N-ethyl adjacent to an activating group) is 5. The van der Waals surface area contributed by atoms with E-state index < -0.39 is 45.3 Å². The van der Waals surface area contributed by atoms with Crippen molar-refractivity contribution in [2.45, 2.75) is 151 Å². The highest BCUT2D eigenvalue weighted by atomic mass is 16.6. The van der Waals surface area contributed by atoms with Crippen molar-refractivity contribution in [2.24, 2.45) is 5.73 Å². The van der Waals surface area contributed by atoms with Crippen LogP contribution in [0.4, 0.5) is 55.4 Å². The van der Waals surface area contributed by atoms with E-state index in [1.54, 1.807) is 150 Å². The Morgan fingerprint density at radius 3 is 0.912 bits per heavy atom. The lowest BCUT2D eigenvalue weighted by Crippen LogP contribution is -2.57. The number of rotatable bonds is 9. The lowest BCUT2D eigenvalue weighted by Gasteiger charge is -2.41. The van der Waals surface area contributed by atoms with Crippen LogP contribution >= 0.6 is 0 Å². The summed E-state index contributed by atoms with van der Waals surface area (Å²) in [6, 6.07) is 23.9. The first-order valence-electron chi connectivity index (χ1n) is 45.1. The molecule has 0 aromatic heterocycles. The van der Waals surface area contributed by atoms with Gasteiger partial charge in [-0.15, -0.1) is 0 Å². The number of nitrogen functional groups attached to an aromatic ring is 1. The molecule has 45 nitrogen and oxygen atoms in total. The van der Waals surface area contributed by atoms with Gasteiger partial charge < -0.3 is 81.0 Å². The quantitative estimate of drug-likeness (QED) is 0.0456. The Kier molecular flexibility index (Phi) is 32.5. The summed E-state index contributed by atoms with van der Waals surface area (Å²) in [5.41, 5.74) is 4.73. The predicted octanol–water partition coefficient (Wildman–Crippen LogP) is 5.00. The summed E-state index contributed by atoms with van der Waals surface area (Å²) in [5, 5.41) is 28.0. The van der Waals surface area contributed by atoms with Gasteiger partial charge in [-0.2, -0.15) is 0 Å². The summed E-state index contributed by atoms with van der Waals surface area (Å²) in [4.78, 5) is 252. The second-order valence-corrected chi connectivity index (χ2v) is 34.5. The number of ketones is 1. The van der Waals surface area contributed by atoms with Crippen LogP contribution < -0.4 is 48.3 Å². The third-order valence-corrected chi connectivity index (χ3v) is 26.7. The SMILES string of the molecule is CCN1C(=O)N(C)C(=O)C12CCN(C(=O)c1ccc(C(=N)N)cc1)CC2.CCOC(=O)N1CCC(=O)CC1.CCOC(=O)N1CCC2(CC1)NC(=O)NC2=O.O=C1NC(=O)C2(CCNCC2)N1.[C-]#[N+]c1ccc(C(=O)N2CCC3(CC2)C(=O)N(C)C(=O)N3CC)cc1.[C-]#[N+]c1ccc(C(=O)N2CCC3(CC2)NC(=O)N(C)C3=O)cc1.[C-]#[N+]c1ccc(C(=O)N2CCC3(CC2)NC(=O)NC3=O)cc1. The molecule has 45 heteroatoms. The summed E-state index contributed by atoms with van der Waals surface area (Å²) in [6.07, 6.45) is 5.87. The molecular weight excluding hydrogens is 1780 g/mol. The average molecular weight is 1890 g/mol. The van der Waals surface area contributed by atoms with Gasteiger partial charge in [0.2, 0.25) is 0 Å². The number of amides is 24. The molecule has 726 valence electrons. The number of carbonyl (C=O) groups excluding carboxylic acids is 19. The molecule has 13 fully saturated rings. The monoisotopic (exact) mass is 1890 g/mol. The molecule has 4 aromatic rings. The van der Waals surface area contributed by atoms with Crippen LogP contribution in [0.1, 0.15) is 165 Å². The number of nitrogens with one attached hydrogen (secondary N) is 9. The number of carbonyl (C=O) groups is 19. The van der Waals surface area contributed by atoms with Crippen molar-refractivity contribution in [3.05, 3.63) is 159 Å². The van der Waals surface area contributed by atoms with Gasteiger partial charge in [0.1, 0.15) is 44.9 Å². The second-order valence-electron chi connectivity index (χ2n) is 34.5. The maximum atomic E-state index is 12.7. The number of ether oxygens (including phenoxy) is 2. The zero-order chi connectivity index (χ0) is 99.7. The third kappa shape index (κ3) is 22.1. The number of urea groups is 6. The highest BCUT2D eigenvalue weighted by molar-refractivity contribution is 6.11. The van der Waals surface area contributed by atoms with Crippen LogP contribution in [0.3, 0.4) is 0 Å². The number of hydrogen-bond donors (Lipinski definition) is 10. The molecule has 13 aliphatic rings. The summed E-state index contributed by atoms with van der Waals surface area (Å²) in [7, 11) is 4.48. The molecule has 13 saturated heterocycles. The Hall–Kier alpha value is -15.5. The van der Waals surface area contributed by atoms with Crippen LogP contribution in [0.15, 0.2) is 97.1 Å². The van der Waals surface area contributed by atoms with E-state index in [-0.39, 0.29) is 107 Å². The van der Waals surface area contributed by atoms with Gasteiger partial charge >= 0.3 is 48.4 Å². The van der Waals surface area contributed by atoms with E-state index >= 15 is 0 Å². The molecular formula is C92H112N24O21. The van der Waals surface area contributed by atoms with Crippen molar-refractivity contribution in [1.29, 1.82) is 5.41 Å². The van der Waals surface area contributed by atoms with Gasteiger partial charge in [0.15, 0.2) is 17.1 Å². The molecule has 137 heavy (non-hydrogen) atoms. The number of nitrogens with zero attached hydrogens (tertiary/aromatic N) is 14. The molecule has 0 radical (unpaired) electrons. The maximum Gasteiger partial charge on any atom is 0.409 e. The maximum absolute atomic E-state index is 12.7. The lowest BCUT2D eigenvalue weighted by molar-refractivity contribution is -0.135. The van der Waals surface area contributed by atoms with Crippen molar-refractivity contribution in [3.8, 4) is 0 Å². The van der Waals surface area contributed by atoms with E-state index in [1.165, 1.54) is 30.9 Å². The summed E-state index contributed by atoms with van der Waals surface area (Å²) in [6.45, 7) is 36.4. The van der Waals surface area contributed by atoms with Gasteiger partial charge in [0.25, 0.3) is 59.1 Å². The molecule has 0 atom stereocenters. The molecule has 4 aromatic carbocycles. The summed E-state index contributed by atoms with van der Waals surface area (Å²) >= 11 is 0. The molecule has 11 N–H and O–H groups in total. The molecule has 24 amide bonds. The minimum atomic E-state index is -0.873. The fourth-order valence-corrected chi connectivity index (χ4v) is 18.5. The molecule has 13 aliphatic heterocycles. The number of amidine groups is 1. The molecule has 17 rings (SSSR count). The van der Waals surface area contributed by atoms with Crippen LogP contribution in [-0.4, -0.2) is 345 Å². The molecule has 6 spiro atoms. The van der Waals surface area contributed by atoms with Gasteiger partial charge in [-0.25, -0.2) is 52.9 Å². The van der Waals surface area contributed by atoms with E-state index in [1.807, 2.05) is 13.8 Å². The highest BCUT2D eigenvalue weighted by Crippen LogP contribution is 2.40. The van der Waals surface area contributed by atoms with Crippen molar-refractivity contribution < 1.29 is 101 Å². The molecule has 0 bridgehead atoms. The van der Waals surface area contributed by atoms with E-state index in [9.17, 15) is 91.1 Å². The highest BCUT2D eigenvalue weighted by Gasteiger charge is 2.59. The van der Waals surface area contributed by atoms with Crippen LogP contribution in [0.25, 0.3) is 14.5 Å². The van der Waals surface area contributed by atoms with Crippen LogP contribution in [-0.2, 0) is 43.0 Å². The number of nitrogens with two attached hydrogens (primary N) is 1. The van der Waals surface area contributed by atoms with Crippen molar-refractivity contribution in [2.75, 3.05) is 139 Å². The van der Waals surface area contributed by atoms with E-state index in [2.05, 4.69) is 57.1 Å². The van der Waals surface area contributed by atoms with Crippen molar-refractivity contribution in [3.63, 3.8) is 0 Å². The smallest absolute Gasteiger partial charge is 0.409 e. The molecule has 0 saturated carbocycles. The third-order valence-electron chi connectivity index (χ3n) is 26.7. The normalized spacial score (nSPS) is 20.4. The largest absolute Gasteiger partial charge is 0.450 e. The molecule has 13 heterocycles. The Balaban J connectivity index is 0.000000156. The van der Waals surface area contributed by atoms with Gasteiger partial charge in [-0.3, -0.25) is 88.8 Å². The Bertz CT molecular complexity index is 5500. The number of hydrogen-bond acceptors (Lipinski definition) is 23. The first-order chi connectivity index (χ1) is 65.3. The first kappa shape index (κ1) is 102. The summed E-state index contributed by atoms with van der Waals surface area (Å²) < 4.78 is 9.67. The average Bonchev–Trinajstić information content (AvgIpc) is 1.59. The van der Waals surface area contributed by atoms with E-state index in [0.29, 0.717) is 240 Å². The topological polar surface area (TPSA) is 538 Å². The van der Waals surface area contributed by atoms with Gasteiger partial charge in [-0.05, 0) is 130 Å². The fourth-order valence-electron chi connectivity index (χ4n) is 18.5. The van der Waals surface area contributed by atoms with E-state index in [4.69, 9.17) is 40.3 Å².